The van der Waals surface area contributed by atoms with Crippen LogP contribution >= 0.6 is 11.6 Å². The average molecular weight is 321 g/mol. The summed E-state index contributed by atoms with van der Waals surface area (Å²) in [7, 11) is 0. The fraction of sp³-hybridized carbons (Fsp3) is 0.438. The number of amides is 3. The van der Waals surface area contributed by atoms with Crippen LogP contribution in [-0.4, -0.2) is 29.2 Å². The van der Waals surface area contributed by atoms with Crippen LogP contribution in [-0.2, 0) is 14.4 Å². The predicted octanol–water partition coefficient (Wildman–Crippen LogP) is 2.45. The van der Waals surface area contributed by atoms with Crippen molar-refractivity contribution in [3.63, 3.8) is 0 Å². The number of rotatable bonds is 3. The first kappa shape index (κ1) is 15.0. The molecule has 6 heteroatoms. The Morgan fingerprint density at radius 2 is 1.64 bits per heavy atom. The molecule has 1 saturated carbocycles. The lowest BCUT2D eigenvalue weighted by Crippen LogP contribution is -2.38. The Morgan fingerprint density at radius 1 is 1.09 bits per heavy atom. The van der Waals surface area contributed by atoms with E-state index >= 15 is 0 Å². The van der Waals surface area contributed by atoms with Gasteiger partial charge in [-0.05, 0) is 37.1 Å². The van der Waals surface area contributed by atoms with E-state index in [1.807, 2.05) is 0 Å². The molecule has 1 aromatic rings. The van der Waals surface area contributed by atoms with Crippen molar-refractivity contribution in [3.8, 4) is 0 Å². The standard InChI is InChI=1S/C16H17ClN2O3/c17-10-5-7-11(8-6-10)18-14(20)9-19-15(21)12-3-1-2-4-13(12)16(19)22/h5-8,12-13H,1-4,9H2,(H,18,20)/t12-,13-/m1/s1. The number of imide groups is 1. The molecule has 0 spiro atoms. The number of carbonyl (C=O) groups excluding carboxylic acids is 3. The first-order valence-corrected chi connectivity index (χ1v) is 7.84. The molecule has 2 atom stereocenters. The van der Waals surface area contributed by atoms with Gasteiger partial charge in [0.25, 0.3) is 0 Å². The monoisotopic (exact) mass is 320 g/mol. The molecule has 116 valence electrons. The smallest absolute Gasteiger partial charge is 0.244 e. The molecule has 1 heterocycles. The van der Waals surface area contributed by atoms with Crippen LogP contribution in [0.1, 0.15) is 25.7 Å². The Bertz CT molecular complexity index is 590. The van der Waals surface area contributed by atoms with Gasteiger partial charge in [0.05, 0.1) is 11.8 Å². The number of benzene rings is 1. The van der Waals surface area contributed by atoms with Gasteiger partial charge in [0.1, 0.15) is 6.54 Å². The predicted molar refractivity (Wildman–Crippen MR) is 82.2 cm³/mol. The van der Waals surface area contributed by atoms with Crippen molar-refractivity contribution in [2.45, 2.75) is 25.7 Å². The van der Waals surface area contributed by atoms with Crippen LogP contribution < -0.4 is 5.32 Å². The molecule has 2 fully saturated rings. The number of fused-ring (bicyclic) bond motifs is 1. The van der Waals surface area contributed by atoms with E-state index in [2.05, 4.69) is 5.32 Å². The van der Waals surface area contributed by atoms with Crippen LogP contribution in [0.4, 0.5) is 5.69 Å². The third-order valence-corrected chi connectivity index (χ3v) is 4.61. The topological polar surface area (TPSA) is 66.5 Å². The van der Waals surface area contributed by atoms with Crippen molar-refractivity contribution >= 4 is 35.0 Å². The Balaban J connectivity index is 1.64. The van der Waals surface area contributed by atoms with Crippen LogP contribution in [0.3, 0.4) is 0 Å². The van der Waals surface area contributed by atoms with E-state index < -0.39 is 0 Å². The number of halogens is 1. The Labute approximate surface area is 133 Å². The number of hydrogen-bond donors (Lipinski definition) is 1. The van der Waals surface area contributed by atoms with Gasteiger partial charge in [-0.2, -0.15) is 0 Å². The maximum atomic E-state index is 12.3. The second-order valence-electron chi connectivity index (χ2n) is 5.82. The zero-order chi connectivity index (χ0) is 15.7. The molecular formula is C16H17ClN2O3. The normalized spacial score (nSPS) is 24.3. The fourth-order valence-corrected chi connectivity index (χ4v) is 3.39. The quantitative estimate of drug-likeness (QED) is 0.870. The molecule has 5 nitrogen and oxygen atoms in total. The number of likely N-dealkylation sites (tertiary alicyclic amines) is 1. The second-order valence-corrected chi connectivity index (χ2v) is 6.25. The molecule has 2 aliphatic rings. The lowest BCUT2D eigenvalue weighted by Gasteiger charge is -2.19. The largest absolute Gasteiger partial charge is 0.325 e. The summed E-state index contributed by atoms with van der Waals surface area (Å²) in [4.78, 5) is 37.8. The minimum atomic E-state index is -0.373. The molecule has 1 saturated heterocycles. The minimum Gasteiger partial charge on any atom is -0.325 e. The lowest BCUT2D eigenvalue weighted by atomic mass is 9.81. The van der Waals surface area contributed by atoms with Gasteiger partial charge in [-0.15, -0.1) is 0 Å². The van der Waals surface area contributed by atoms with E-state index in [0.29, 0.717) is 10.7 Å². The van der Waals surface area contributed by atoms with Gasteiger partial charge in [0, 0.05) is 10.7 Å². The van der Waals surface area contributed by atoms with E-state index in [4.69, 9.17) is 11.6 Å². The van der Waals surface area contributed by atoms with Gasteiger partial charge in [0.15, 0.2) is 0 Å². The van der Waals surface area contributed by atoms with Crippen LogP contribution in [0, 0.1) is 11.8 Å². The van der Waals surface area contributed by atoms with Gasteiger partial charge in [-0.3, -0.25) is 19.3 Å². The Morgan fingerprint density at radius 3 is 2.18 bits per heavy atom. The van der Waals surface area contributed by atoms with Crippen LogP contribution in [0.5, 0.6) is 0 Å². The van der Waals surface area contributed by atoms with E-state index in [1.54, 1.807) is 24.3 Å². The van der Waals surface area contributed by atoms with Gasteiger partial charge < -0.3 is 5.32 Å². The third kappa shape index (κ3) is 2.86. The molecule has 0 unspecified atom stereocenters. The van der Waals surface area contributed by atoms with Crippen molar-refractivity contribution in [3.05, 3.63) is 29.3 Å². The fourth-order valence-electron chi connectivity index (χ4n) is 3.26. The van der Waals surface area contributed by atoms with Crippen LogP contribution in [0.15, 0.2) is 24.3 Å². The van der Waals surface area contributed by atoms with E-state index in [0.717, 1.165) is 30.6 Å². The van der Waals surface area contributed by atoms with Crippen LogP contribution in [0.2, 0.25) is 5.02 Å². The zero-order valence-electron chi connectivity index (χ0n) is 12.0. The van der Waals surface area contributed by atoms with Crippen molar-refractivity contribution in [2.75, 3.05) is 11.9 Å². The number of nitrogens with zero attached hydrogens (tertiary/aromatic N) is 1. The molecule has 3 amide bonds. The first-order chi connectivity index (χ1) is 10.6. The number of carbonyl (C=O) groups is 3. The Kier molecular flexibility index (Phi) is 4.16. The minimum absolute atomic E-state index is 0.194. The molecule has 0 aromatic heterocycles. The van der Waals surface area contributed by atoms with Gasteiger partial charge in [-0.25, -0.2) is 0 Å². The number of nitrogens with one attached hydrogen (secondary N) is 1. The highest BCUT2D eigenvalue weighted by molar-refractivity contribution is 6.30. The highest BCUT2D eigenvalue weighted by atomic mass is 35.5. The first-order valence-electron chi connectivity index (χ1n) is 7.47. The molecule has 1 N–H and O–H groups in total. The maximum absolute atomic E-state index is 12.3. The molecule has 3 rings (SSSR count). The highest BCUT2D eigenvalue weighted by Crippen LogP contribution is 2.37. The molecule has 1 aliphatic heterocycles. The summed E-state index contributed by atoms with van der Waals surface area (Å²) < 4.78 is 0. The summed E-state index contributed by atoms with van der Waals surface area (Å²) in [6, 6.07) is 6.68. The summed E-state index contributed by atoms with van der Waals surface area (Å²) in [5.74, 6) is -1.20. The lowest BCUT2D eigenvalue weighted by molar-refractivity contribution is -0.142. The molecule has 0 bridgehead atoms. The molecule has 1 aromatic carbocycles. The van der Waals surface area contributed by atoms with E-state index in [1.165, 1.54) is 0 Å². The summed E-state index contributed by atoms with van der Waals surface area (Å²) in [6.45, 7) is -0.215. The van der Waals surface area contributed by atoms with E-state index in [-0.39, 0.29) is 36.1 Å². The zero-order valence-corrected chi connectivity index (χ0v) is 12.8. The SMILES string of the molecule is O=C(CN1C(=O)[C@@H]2CCCC[C@H]2C1=O)Nc1ccc(Cl)cc1. The van der Waals surface area contributed by atoms with Crippen molar-refractivity contribution < 1.29 is 14.4 Å². The second kappa shape index (κ2) is 6.08. The Hall–Kier alpha value is -1.88. The molecular weight excluding hydrogens is 304 g/mol. The maximum Gasteiger partial charge on any atom is 0.244 e. The summed E-state index contributed by atoms with van der Waals surface area (Å²) in [5.41, 5.74) is 0.589. The van der Waals surface area contributed by atoms with Gasteiger partial charge >= 0.3 is 0 Å². The number of hydrogen-bond acceptors (Lipinski definition) is 3. The van der Waals surface area contributed by atoms with E-state index in [9.17, 15) is 14.4 Å². The summed E-state index contributed by atoms with van der Waals surface area (Å²) in [6.07, 6.45) is 3.46. The third-order valence-electron chi connectivity index (χ3n) is 4.36. The number of anilines is 1. The molecule has 22 heavy (non-hydrogen) atoms. The van der Waals surface area contributed by atoms with Crippen molar-refractivity contribution in [1.29, 1.82) is 0 Å². The van der Waals surface area contributed by atoms with Crippen molar-refractivity contribution in [1.82, 2.24) is 4.90 Å². The average Bonchev–Trinajstić information content (AvgIpc) is 2.75. The molecule has 1 aliphatic carbocycles. The van der Waals surface area contributed by atoms with Gasteiger partial charge in [-0.1, -0.05) is 24.4 Å². The molecule has 0 radical (unpaired) electrons. The van der Waals surface area contributed by atoms with Crippen molar-refractivity contribution in [2.24, 2.45) is 11.8 Å². The highest BCUT2D eigenvalue weighted by Gasteiger charge is 2.48. The summed E-state index contributed by atoms with van der Waals surface area (Å²) >= 11 is 5.78. The van der Waals surface area contributed by atoms with Gasteiger partial charge in [0.2, 0.25) is 17.7 Å². The summed E-state index contributed by atoms with van der Waals surface area (Å²) in [5, 5.41) is 3.25. The van der Waals surface area contributed by atoms with Crippen LogP contribution in [0.25, 0.3) is 0 Å².